The summed E-state index contributed by atoms with van der Waals surface area (Å²) in [5.41, 5.74) is 2.90. The van der Waals surface area contributed by atoms with Crippen LogP contribution < -0.4 is 0 Å². The summed E-state index contributed by atoms with van der Waals surface area (Å²) in [4.78, 5) is 13.7. The molecule has 0 saturated heterocycles. The van der Waals surface area contributed by atoms with E-state index in [2.05, 4.69) is 4.98 Å². The van der Waals surface area contributed by atoms with E-state index >= 15 is 0 Å². The van der Waals surface area contributed by atoms with Gasteiger partial charge in [0.1, 0.15) is 0 Å². The summed E-state index contributed by atoms with van der Waals surface area (Å²) >= 11 is 5.96. The van der Waals surface area contributed by atoms with Crippen LogP contribution in [-0.4, -0.2) is 21.2 Å². The fraction of sp³-hybridized carbons (Fsp3) is 0.105. The zero-order valence-electron chi connectivity index (χ0n) is 12.8. The summed E-state index contributed by atoms with van der Waals surface area (Å²) in [5.74, 6) is -0.757. The van der Waals surface area contributed by atoms with Crippen LogP contribution >= 0.6 is 11.6 Å². The van der Waals surface area contributed by atoms with Gasteiger partial charge in [0, 0.05) is 16.0 Å². The SMILES string of the molecule is O=C(O)c1ccc(/C=C/CCc2c(O)[nH]c3cc(Cl)ccc23)cc1. The van der Waals surface area contributed by atoms with Crippen molar-refractivity contribution in [3.05, 3.63) is 70.3 Å². The molecule has 0 saturated carbocycles. The van der Waals surface area contributed by atoms with Crippen LogP contribution in [0.1, 0.15) is 27.9 Å². The Labute approximate surface area is 144 Å². The van der Waals surface area contributed by atoms with Gasteiger partial charge in [0.2, 0.25) is 0 Å². The van der Waals surface area contributed by atoms with Crippen molar-refractivity contribution in [3.8, 4) is 5.88 Å². The van der Waals surface area contributed by atoms with Gasteiger partial charge in [-0.1, -0.05) is 42.0 Å². The maximum absolute atomic E-state index is 10.8. The molecule has 3 rings (SSSR count). The van der Waals surface area contributed by atoms with E-state index < -0.39 is 5.97 Å². The fourth-order valence-corrected chi connectivity index (χ4v) is 2.82. The zero-order chi connectivity index (χ0) is 17.1. The van der Waals surface area contributed by atoms with Gasteiger partial charge in [-0.25, -0.2) is 4.79 Å². The highest BCUT2D eigenvalue weighted by atomic mass is 35.5. The molecule has 5 heteroatoms. The Morgan fingerprint density at radius 2 is 1.92 bits per heavy atom. The van der Waals surface area contributed by atoms with Crippen LogP contribution in [0.4, 0.5) is 0 Å². The molecular formula is C19H16ClNO3. The van der Waals surface area contributed by atoms with Crippen molar-refractivity contribution in [1.82, 2.24) is 4.98 Å². The molecule has 0 bridgehead atoms. The van der Waals surface area contributed by atoms with Crippen molar-refractivity contribution < 1.29 is 15.0 Å². The molecule has 122 valence electrons. The molecule has 0 aliphatic heterocycles. The topological polar surface area (TPSA) is 73.3 Å². The predicted octanol–water partition coefficient (Wildman–Crippen LogP) is 4.87. The maximum Gasteiger partial charge on any atom is 0.335 e. The first-order chi connectivity index (χ1) is 11.5. The predicted molar refractivity (Wildman–Crippen MR) is 95.7 cm³/mol. The quantitative estimate of drug-likeness (QED) is 0.619. The number of rotatable bonds is 5. The average Bonchev–Trinajstić information content (AvgIpc) is 2.86. The van der Waals surface area contributed by atoms with Crippen LogP contribution in [0, 0.1) is 0 Å². The number of aryl methyl sites for hydroxylation is 1. The molecule has 0 amide bonds. The molecule has 24 heavy (non-hydrogen) atoms. The minimum Gasteiger partial charge on any atom is -0.494 e. The van der Waals surface area contributed by atoms with Gasteiger partial charge < -0.3 is 15.2 Å². The van der Waals surface area contributed by atoms with Crippen LogP contribution in [0.15, 0.2) is 48.5 Å². The van der Waals surface area contributed by atoms with E-state index in [0.717, 1.165) is 28.5 Å². The van der Waals surface area contributed by atoms with E-state index in [0.29, 0.717) is 11.4 Å². The maximum atomic E-state index is 10.8. The summed E-state index contributed by atoms with van der Waals surface area (Å²) in [7, 11) is 0. The first-order valence-corrected chi connectivity index (χ1v) is 7.91. The molecule has 1 heterocycles. The summed E-state index contributed by atoms with van der Waals surface area (Å²) < 4.78 is 0. The van der Waals surface area contributed by atoms with Crippen LogP contribution in [0.3, 0.4) is 0 Å². The number of aromatic carboxylic acids is 1. The molecule has 3 N–H and O–H groups in total. The first kappa shape index (κ1) is 16.1. The number of carboxylic acids is 1. The second-order valence-corrected chi connectivity index (χ2v) is 5.95. The van der Waals surface area contributed by atoms with Gasteiger partial charge in [0.25, 0.3) is 0 Å². The molecule has 2 aromatic carbocycles. The van der Waals surface area contributed by atoms with Crippen molar-refractivity contribution in [1.29, 1.82) is 0 Å². The average molecular weight is 342 g/mol. The number of fused-ring (bicyclic) bond motifs is 1. The van der Waals surface area contributed by atoms with E-state index in [1.807, 2.05) is 18.2 Å². The number of benzene rings is 2. The van der Waals surface area contributed by atoms with Crippen molar-refractivity contribution in [2.24, 2.45) is 0 Å². The van der Waals surface area contributed by atoms with Crippen LogP contribution in [0.5, 0.6) is 5.88 Å². The van der Waals surface area contributed by atoms with Crippen LogP contribution in [0.2, 0.25) is 5.02 Å². The molecule has 0 spiro atoms. The highest BCUT2D eigenvalue weighted by molar-refractivity contribution is 6.31. The number of halogens is 1. The lowest BCUT2D eigenvalue weighted by Gasteiger charge is -1.99. The standard InChI is InChI=1S/C19H16ClNO3/c20-14-9-10-15-16(18(22)21-17(15)11-14)4-2-1-3-12-5-7-13(8-6-12)19(23)24/h1,3,5-11,21-22H,2,4H2,(H,23,24)/b3-1+. The Morgan fingerprint density at radius 1 is 1.17 bits per heavy atom. The van der Waals surface area contributed by atoms with Gasteiger partial charge in [0.15, 0.2) is 5.88 Å². The highest BCUT2D eigenvalue weighted by Crippen LogP contribution is 2.30. The third-order valence-corrected chi connectivity index (χ3v) is 4.11. The van der Waals surface area contributed by atoms with Crippen LogP contribution in [0.25, 0.3) is 17.0 Å². The Hall–Kier alpha value is -2.72. The first-order valence-electron chi connectivity index (χ1n) is 7.53. The molecule has 4 nitrogen and oxygen atoms in total. The normalized spacial score (nSPS) is 11.4. The third kappa shape index (κ3) is 3.44. The number of hydrogen-bond donors (Lipinski definition) is 3. The molecule has 1 aromatic heterocycles. The van der Waals surface area contributed by atoms with Crippen LogP contribution in [-0.2, 0) is 6.42 Å². The monoisotopic (exact) mass is 341 g/mol. The van der Waals surface area contributed by atoms with E-state index in [9.17, 15) is 9.90 Å². The van der Waals surface area contributed by atoms with Crippen molar-refractivity contribution >= 4 is 34.5 Å². The number of aromatic hydroxyl groups is 1. The molecule has 0 aliphatic rings. The largest absolute Gasteiger partial charge is 0.494 e. The van der Waals surface area contributed by atoms with E-state index in [1.54, 1.807) is 36.4 Å². The fourth-order valence-electron chi connectivity index (χ4n) is 2.65. The number of H-pyrrole nitrogens is 1. The number of allylic oxidation sites excluding steroid dienone is 1. The van der Waals surface area contributed by atoms with Gasteiger partial charge in [-0.15, -0.1) is 0 Å². The minimum absolute atomic E-state index is 0.173. The Kier molecular flexibility index (Phi) is 4.58. The summed E-state index contributed by atoms with van der Waals surface area (Å²) in [5, 5.41) is 20.5. The molecule has 0 unspecified atom stereocenters. The molecule has 0 atom stereocenters. The minimum atomic E-state index is -0.930. The smallest absolute Gasteiger partial charge is 0.335 e. The van der Waals surface area contributed by atoms with Gasteiger partial charge >= 0.3 is 5.97 Å². The Balaban J connectivity index is 1.68. The number of nitrogens with one attached hydrogen (secondary N) is 1. The van der Waals surface area contributed by atoms with Crippen molar-refractivity contribution in [2.75, 3.05) is 0 Å². The van der Waals surface area contributed by atoms with Gasteiger partial charge in [-0.05, 0) is 42.7 Å². The lowest BCUT2D eigenvalue weighted by atomic mass is 10.1. The summed E-state index contributed by atoms with van der Waals surface area (Å²) in [6.07, 6.45) is 5.39. The number of aromatic amines is 1. The van der Waals surface area contributed by atoms with E-state index in [1.165, 1.54) is 0 Å². The Morgan fingerprint density at radius 3 is 2.62 bits per heavy atom. The van der Waals surface area contributed by atoms with Crippen molar-refractivity contribution in [3.63, 3.8) is 0 Å². The Bertz CT molecular complexity index is 910. The molecule has 0 radical (unpaired) electrons. The zero-order valence-corrected chi connectivity index (χ0v) is 13.5. The highest BCUT2D eigenvalue weighted by Gasteiger charge is 2.10. The summed E-state index contributed by atoms with van der Waals surface area (Å²) in [6, 6.07) is 12.2. The molecular weight excluding hydrogens is 326 g/mol. The number of carbonyl (C=O) groups is 1. The van der Waals surface area contributed by atoms with Gasteiger partial charge in [0.05, 0.1) is 11.1 Å². The molecule has 0 fully saturated rings. The number of hydrogen-bond acceptors (Lipinski definition) is 2. The lowest BCUT2D eigenvalue weighted by Crippen LogP contribution is -1.94. The third-order valence-electron chi connectivity index (χ3n) is 3.87. The van der Waals surface area contributed by atoms with Crippen molar-refractivity contribution in [2.45, 2.75) is 12.8 Å². The molecule has 3 aromatic rings. The second-order valence-electron chi connectivity index (χ2n) is 5.51. The summed E-state index contributed by atoms with van der Waals surface area (Å²) in [6.45, 7) is 0. The number of carboxylic acid groups (broad SMARTS) is 1. The van der Waals surface area contributed by atoms with E-state index in [4.69, 9.17) is 16.7 Å². The van der Waals surface area contributed by atoms with Gasteiger partial charge in [-0.3, -0.25) is 0 Å². The lowest BCUT2D eigenvalue weighted by molar-refractivity contribution is 0.0697. The number of aromatic nitrogens is 1. The van der Waals surface area contributed by atoms with E-state index in [-0.39, 0.29) is 11.4 Å². The van der Waals surface area contributed by atoms with Gasteiger partial charge in [-0.2, -0.15) is 0 Å². The second kappa shape index (κ2) is 6.81. The molecule has 0 aliphatic carbocycles.